The van der Waals surface area contributed by atoms with Gasteiger partial charge in [0.1, 0.15) is 5.35 Å². The first-order chi connectivity index (χ1) is 12.3. The highest BCUT2D eigenvalue weighted by atomic mass is 16.1. The van der Waals surface area contributed by atoms with Gasteiger partial charge in [0, 0.05) is 0 Å². The molecule has 4 aromatic rings. The quantitative estimate of drug-likeness (QED) is 0.576. The van der Waals surface area contributed by atoms with Gasteiger partial charge in [0.25, 0.3) is 5.56 Å². The molecule has 5 rings (SSSR count). The zero-order valence-corrected chi connectivity index (χ0v) is 13.6. The highest BCUT2D eigenvalue weighted by molar-refractivity contribution is 5.90. The van der Waals surface area contributed by atoms with Gasteiger partial charge in [-0.15, -0.1) is 0 Å². The minimum absolute atomic E-state index is 0.171. The normalized spacial score (nSPS) is 14.6. The Kier molecular flexibility index (Phi) is 3.06. The molecule has 1 aliphatic carbocycles. The monoisotopic (exact) mass is 328 g/mol. The van der Waals surface area contributed by atoms with Gasteiger partial charge in [0.2, 0.25) is 5.78 Å². The third kappa shape index (κ3) is 2.28. The van der Waals surface area contributed by atoms with E-state index in [2.05, 4.69) is 39.3 Å². The number of imidazole rings is 1. The van der Waals surface area contributed by atoms with Crippen LogP contribution in [0, 0.1) is 0 Å². The summed E-state index contributed by atoms with van der Waals surface area (Å²) in [4.78, 5) is 19.9. The summed E-state index contributed by atoms with van der Waals surface area (Å²) < 4.78 is 1.64. The van der Waals surface area contributed by atoms with Gasteiger partial charge in [-0.05, 0) is 41.7 Å². The maximum absolute atomic E-state index is 12.5. The van der Waals surface area contributed by atoms with Crippen molar-refractivity contribution in [3.8, 4) is 0 Å². The number of hydrogen-bond donors (Lipinski definition) is 1. The summed E-state index contributed by atoms with van der Waals surface area (Å²) in [6, 6.07) is 14.2. The van der Waals surface area contributed by atoms with Gasteiger partial charge in [-0.3, -0.25) is 9.78 Å². The average molecular weight is 328 g/mol. The predicted octanol–water partition coefficient (Wildman–Crippen LogP) is 1.52. The molecule has 0 bridgehead atoms. The van der Waals surface area contributed by atoms with Gasteiger partial charge in [0.15, 0.2) is 0 Å². The van der Waals surface area contributed by atoms with Crippen molar-refractivity contribution in [2.45, 2.75) is 19.3 Å². The Balaban J connectivity index is 1.84. The largest absolute Gasteiger partial charge is 0.289 e. The molecule has 1 N–H and O–H groups in total. The van der Waals surface area contributed by atoms with E-state index in [4.69, 9.17) is 0 Å². The fourth-order valence-corrected chi connectivity index (χ4v) is 3.46. The number of rotatable bonds is 1. The number of aromatic amines is 1. The molecule has 0 unspecified atom stereocenters. The number of aromatic nitrogens is 4. The van der Waals surface area contributed by atoms with Crippen molar-refractivity contribution in [1.82, 2.24) is 19.6 Å². The fraction of sp³-hybridized carbons (Fsp3) is 0.150. The third-order valence-electron chi connectivity index (χ3n) is 4.70. The SMILES string of the molecule is O=c1[nH]c2nc3c(nn2/c1=C\c1cccc2ccccc12)CCCC=3. The first kappa shape index (κ1) is 14.2. The molecule has 122 valence electrons. The average Bonchev–Trinajstić information content (AvgIpc) is 2.95. The molecule has 0 spiro atoms. The van der Waals surface area contributed by atoms with Gasteiger partial charge in [-0.25, -0.2) is 4.98 Å². The van der Waals surface area contributed by atoms with E-state index in [1.165, 1.54) is 0 Å². The molecule has 0 aliphatic heterocycles. The number of fused-ring (bicyclic) bond motifs is 3. The first-order valence-electron chi connectivity index (χ1n) is 8.47. The van der Waals surface area contributed by atoms with Crippen molar-refractivity contribution in [2.75, 3.05) is 0 Å². The maximum Gasteiger partial charge on any atom is 0.276 e. The molecule has 0 atom stereocenters. The Morgan fingerprint density at radius 1 is 1.12 bits per heavy atom. The third-order valence-corrected chi connectivity index (χ3v) is 4.70. The summed E-state index contributed by atoms with van der Waals surface area (Å²) in [6.07, 6.45) is 6.96. The Morgan fingerprint density at radius 2 is 2.00 bits per heavy atom. The lowest BCUT2D eigenvalue weighted by atomic mass is 10.0. The number of benzene rings is 2. The molecule has 2 heterocycles. The molecule has 1 aliphatic rings. The molecule has 2 aromatic carbocycles. The van der Waals surface area contributed by atoms with E-state index in [-0.39, 0.29) is 5.56 Å². The van der Waals surface area contributed by atoms with Crippen LogP contribution in [0.2, 0.25) is 0 Å². The smallest absolute Gasteiger partial charge is 0.276 e. The second-order valence-electron chi connectivity index (χ2n) is 6.33. The van der Waals surface area contributed by atoms with E-state index in [0.717, 1.165) is 46.6 Å². The van der Waals surface area contributed by atoms with E-state index in [1.54, 1.807) is 4.52 Å². The molecule has 2 aromatic heterocycles. The molecule has 5 heteroatoms. The first-order valence-corrected chi connectivity index (χ1v) is 8.47. The van der Waals surface area contributed by atoms with Gasteiger partial charge in [-0.2, -0.15) is 9.61 Å². The molecular formula is C20H16N4O. The molecule has 0 saturated heterocycles. The molecule has 0 fully saturated rings. The number of hydrogen-bond acceptors (Lipinski definition) is 3. The molecule has 25 heavy (non-hydrogen) atoms. The lowest BCUT2D eigenvalue weighted by Gasteiger charge is -2.06. The second-order valence-corrected chi connectivity index (χ2v) is 6.33. The van der Waals surface area contributed by atoms with E-state index in [1.807, 2.05) is 30.3 Å². The standard InChI is InChI=1S/C20H16N4O/c25-19-18(12-14-8-5-7-13-6-1-2-9-15(13)14)24-20(22-19)21-16-10-3-4-11-17(16)23-24/h1-2,5-10,12H,3-4,11H2,(H,21,22,25)/b18-12-. The molecule has 0 amide bonds. The van der Waals surface area contributed by atoms with Crippen LogP contribution in [0.5, 0.6) is 0 Å². The van der Waals surface area contributed by atoms with Crippen LogP contribution in [0.4, 0.5) is 0 Å². The Hall–Kier alpha value is -3.21. The van der Waals surface area contributed by atoms with Crippen molar-refractivity contribution in [3.05, 3.63) is 74.8 Å². The van der Waals surface area contributed by atoms with Crippen LogP contribution in [0.15, 0.2) is 47.3 Å². The van der Waals surface area contributed by atoms with Crippen LogP contribution in [-0.2, 0) is 6.42 Å². The zero-order valence-electron chi connectivity index (χ0n) is 13.6. The fourth-order valence-electron chi connectivity index (χ4n) is 3.46. The van der Waals surface area contributed by atoms with Crippen molar-refractivity contribution in [2.24, 2.45) is 0 Å². The van der Waals surface area contributed by atoms with Gasteiger partial charge in [-0.1, -0.05) is 48.5 Å². The Bertz CT molecular complexity index is 1290. The Morgan fingerprint density at radius 3 is 2.96 bits per heavy atom. The summed E-state index contributed by atoms with van der Waals surface area (Å²) in [5.41, 5.74) is 1.78. The van der Waals surface area contributed by atoms with Crippen LogP contribution in [0.1, 0.15) is 24.1 Å². The number of H-pyrrole nitrogens is 1. The lowest BCUT2D eigenvalue weighted by molar-refractivity contribution is 0.730. The molecule has 5 nitrogen and oxygen atoms in total. The van der Waals surface area contributed by atoms with E-state index < -0.39 is 0 Å². The summed E-state index contributed by atoms with van der Waals surface area (Å²) in [5, 5.41) is 8.33. The van der Waals surface area contributed by atoms with Gasteiger partial charge < -0.3 is 0 Å². The topological polar surface area (TPSA) is 63.0 Å². The van der Waals surface area contributed by atoms with Gasteiger partial charge in [0.05, 0.1) is 11.0 Å². The van der Waals surface area contributed by atoms with Crippen LogP contribution in [0.25, 0.3) is 28.7 Å². The van der Waals surface area contributed by atoms with Crippen LogP contribution in [0.3, 0.4) is 0 Å². The zero-order chi connectivity index (χ0) is 16.8. The van der Waals surface area contributed by atoms with Crippen molar-refractivity contribution in [3.63, 3.8) is 0 Å². The van der Waals surface area contributed by atoms with Crippen LogP contribution < -0.4 is 16.3 Å². The number of nitrogens with one attached hydrogen (secondary N) is 1. The summed E-state index contributed by atoms with van der Waals surface area (Å²) in [5.74, 6) is 0.494. The van der Waals surface area contributed by atoms with E-state index >= 15 is 0 Å². The number of nitrogens with zero attached hydrogens (tertiary/aromatic N) is 3. The van der Waals surface area contributed by atoms with E-state index in [9.17, 15) is 4.79 Å². The Labute approximate surface area is 143 Å². The second kappa shape index (κ2) is 5.41. The summed E-state index contributed by atoms with van der Waals surface area (Å²) in [7, 11) is 0. The summed E-state index contributed by atoms with van der Waals surface area (Å²) in [6.45, 7) is 0. The summed E-state index contributed by atoms with van der Waals surface area (Å²) >= 11 is 0. The highest BCUT2D eigenvalue weighted by Gasteiger charge is 2.10. The van der Waals surface area contributed by atoms with Crippen LogP contribution in [-0.4, -0.2) is 19.6 Å². The maximum atomic E-state index is 12.5. The molecule has 0 radical (unpaired) electrons. The minimum atomic E-state index is -0.171. The van der Waals surface area contributed by atoms with Crippen molar-refractivity contribution >= 4 is 28.7 Å². The number of aryl methyl sites for hydroxylation is 1. The molecular weight excluding hydrogens is 312 g/mol. The minimum Gasteiger partial charge on any atom is -0.289 e. The van der Waals surface area contributed by atoms with Crippen molar-refractivity contribution < 1.29 is 0 Å². The van der Waals surface area contributed by atoms with E-state index in [0.29, 0.717) is 11.1 Å². The lowest BCUT2D eigenvalue weighted by Crippen LogP contribution is -2.30. The molecule has 0 saturated carbocycles. The van der Waals surface area contributed by atoms with Crippen LogP contribution >= 0.6 is 0 Å². The van der Waals surface area contributed by atoms with Gasteiger partial charge >= 0.3 is 0 Å². The van der Waals surface area contributed by atoms with Crippen molar-refractivity contribution in [1.29, 1.82) is 0 Å². The predicted molar refractivity (Wildman–Crippen MR) is 97.8 cm³/mol. The highest BCUT2D eigenvalue weighted by Crippen LogP contribution is 2.18.